The van der Waals surface area contributed by atoms with Gasteiger partial charge in [0.15, 0.2) is 0 Å². The predicted molar refractivity (Wildman–Crippen MR) is 73.5 cm³/mol. The van der Waals surface area contributed by atoms with Crippen molar-refractivity contribution in [1.29, 1.82) is 0 Å². The molecule has 0 unspecified atom stereocenters. The molecule has 0 saturated heterocycles. The first-order valence-corrected chi connectivity index (χ1v) is 5.88. The minimum absolute atomic E-state index is 0.348. The molecule has 0 radical (unpaired) electrons. The van der Waals surface area contributed by atoms with Gasteiger partial charge in [0.1, 0.15) is 16.9 Å². The quantitative estimate of drug-likeness (QED) is 0.572. The predicted octanol–water partition coefficient (Wildman–Crippen LogP) is 2.65. The second-order valence-corrected chi connectivity index (χ2v) is 4.32. The topological polar surface area (TPSA) is 76.7 Å². The first kappa shape index (κ1) is 12.2. The van der Waals surface area contributed by atoms with Crippen LogP contribution in [0.15, 0.2) is 45.6 Å². The molecule has 3 aromatic rings. The summed E-state index contributed by atoms with van der Waals surface area (Å²) < 4.78 is 10.2. The number of fused-ring (bicyclic) bond motifs is 3. The van der Waals surface area contributed by atoms with Gasteiger partial charge in [0.2, 0.25) is 0 Å². The van der Waals surface area contributed by atoms with Crippen molar-refractivity contribution in [3.8, 4) is 5.75 Å². The molecule has 1 N–H and O–H groups in total. The highest BCUT2D eigenvalue weighted by Crippen LogP contribution is 2.28. The van der Waals surface area contributed by atoms with E-state index in [1.54, 1.807) is 25.3 Å². The molecule has 5 nitrogen and oxygen atoms in total. The molecule has 20 heavy (non-hydrogen) atoms. The van der Waals surface area contributed by atoms with Crippen molar-refractivity contribution in [2.45, 2.75) is 0 Å². The Bertz CT molecular complexity index is 892. The standard InChI is InChI=1S/C15H10O5/c1-19-9-4-2-8-3-5-13-11(10(8)6-9)7-12(14(16)17)15(18)20-13/h2-7H,1H3,(H,16,17). The van der Waals surface area contributed by atoms with E-state index < -0.39 is 11.6 Å². The van der Waals surface area contributed by atoms with Crippen LogP contribution in [-0.4, -0.2) is 18.2 Å². The zero-order valence-electron chi connectivity index (χ0n) is 10.5. The molecule has 100 valence electrons. The van der Waals surface area contributed by atoms with E-state index in [1.807, 2.05) is 12.1 Å². The Balaban J connectivity index is 2.47. The van der Waals surface area contributed by atoms with Gasteiger partial charge in [-0.3, -0.25) is 0 Å². The summed E-state index contributed by atoms with van der Waals surface area (Å²) in [6, 6.07) is 10.2. The molecule has 0 amide bonds. The van der Waals surface area contributed by atoms with E-state index in [0.717, 1.165) is 10.8 Å². The summed E-state index contributed by atoms with van der Waals surface area (Å²) in [5, 5.41) is 11.3. The Kier molecular flexibility index (Phi) is 2.68. The maximum absolute atomic E-state index is 11.6. The molecular weight excluding hydrogens is 260 g/mol. The van der Waals surface area contributed by atoms with Crippen LogP contribution in [0, 0.1) is 0 Å². The molecule has 0 bridgehead atoms. The van der Waals surface area contributed by atoms with Gasteiger partial charge in [-0.25, -0.2) is 9.59 Å². The lowest BCUT2D eigenvalue weighted by molar-refractivity contribution is 0.0692. The zero-order chi connectivity index (χ0) is 14.3. The van der Waals surface area contributed by atoms with Crippen LogP contribution in [0.4, 0.5) is 0 Å². The summed E-state index contributed by atoms with van der Waals surface area (Å²) in [5.74, 6) is -0.659. The van der Waals surface area contributed by atoms with Crippen molar-refractivity contribution in [3.05, 3.63) is 52.4 Å². The molecule has 0 aliphatic heterocycles. The number of methoxy groups -OCH3 is 1. The Labute approximate surface area is 113 Å². The molecule has 2 aromatic carbocycles. The molecule has 0 spiro atoms. The highest BCUT2D eigenvalue weighted by atomic mass is 16.5. The van der Waals surface area contributed by atoms with Crippen LogP contribution in [0.5, 0.6) is 5.75 Å². The van der Waals surface area contributed by atoms with Crippen molar-refractivity contribution in [3.63, 3.8) is 0 Å². The molecule has 5 heteroatoms. The molecule has 0 fully saturated rings. The lowest BCUT2D eigenvalue weighted by Crippen LogP contribution is -2.12. The Morgan fingerprint density at radius 2 is 1.90 bits per heavy atom. The van der Waals surface area contributed by atoms with E-state index >= 15 is 0 Å². The van der Waals surface area contributed by atoms with Gasteiger partial charge in [-0.15, -0.1) is 0 Å². The van der Waals surface area contributed by atoms with E-state index in [2.05, 4.69) is 0 Å². The average Bonchev–Trinajstić information content (AvgIpc) is 2.45. The molecule has 0 atom stereocenters. The molecular formula is C15H10O5. The van der Waals surface area contributed by atoms with Gasteiger partial charge in [-0.05, 0) is 35.0 Å². The lowest BCUT2D eigenvalue weighted by atomic mass is 10.0. The maximum atomic E-state index is 11.6. The van der Waals surface area contributed by atoms with E-state index in [4.69, 9.17) is 14.3 Å². The third kappa shape index (κ3) is 1.80. The number of hydrogen-bond donors (Lipinski definition) is 1. The summed E-state index contributed by atoms with van der Waals surface area (Å²) in [6.45, 7) is 0. The van der Waals surface area contributed by atoms with Crippen molar-refractivity contribution in [1.82, 2.24) is 0 Å². The average molecular weight is 270 g/mol. The monoisotopic (exact) mass is 270 g/mol. The highest BCUT2D eigenvalue weighted by Gasteiger charge is 2.13. The second kappa shape index (κ2) is 4.38. The van der Waals surface area contributed by atoms with Crippen LogP contribution >= 0.6 is 0 Å². The molecule has 0 aliphatic carbocycles. The van der Waals surface area contributed by atoms with Gasteiger partial charge in [-0.2, -0.15) is 0 Å². The zero-order valence-corrected chi connectivity index (χ0v) is 10.5. The number of ether oxygens (including phenoxy) is 1. The number of carbonyl (C=O) groups is 1. The summed E-state index contributed by atoms with van der Waals surface area (Å²) in [6.07, 6.45) is 0. The Morgan fingerprint density at radius 3 is 2.60 bits per heavy atom. The summed E-state index contributed by atoms with van der Waals surface area (Å²) in [4.78, 5) is 22.6. The van der Waals surface area contributed by atoms with Crippen LogP contribution < -0.4 is 10.4 Å². The fourth-order valence-electron chi connectivity index (χ4n) is 2.17. The lowest BCUT2D eigenvalue weighted by Gasteiger charge is -2.06. The third-order valence-electron chi connectivity index (χ3n) is 3.17. The molecule has 3 rings (SSSR count). The Morgan fingerprint density at radius 1 is 1.15 bits per heavy atom. The van der Waals surface area contributed by atoms with Crippen molar-refractivity contribution >= 4 is 27.7 Å². The SMILES string of the molecule is COc1ccc2ccc3oc(=O)c(C(=O)O)cc3c2c1. The smallest absolute Gasteiger partial charge is 0.351 e. The number of benzene rings is 2. The normalized spacial score (nSPS) is 10.8. The summed E-state index contributed by atoms with van der Waals surface area (Å²) in [7, 11) is 1.55. The van der Waals surface area contributed by atoms with Gasteiger partial charge in [0.25, 0.3) is 0 Å². The molecule has 1 aromatic heterocycles. The first-order valence-electron chi connectivity index (χ1n) is 5.88. The largest absolute Gasteiger partial charge is 0.497 e. The molecule has 1 heterocycles. The number of carboxylic acids is 1. The van der Waals surface area contributed by atoms with Crippen LogP contribution in [0.1, 0.15) is 10.4 Å². The van der Waals surface area contributed by atoms with E-state index in [0.29, 0.717) is 16.7 Å². The van der Waals surface area contributed by atoms with Gasteiger partial charge >= 0.3 is 11.6 Å². The van der Waals surface area contributed by atoms with E-state index in [1.165, 1.54) is 6.07 Å². The third-order valence-corrected chi connectivity index (χ3v) is 3.17. The van der Waals surface area contributed by atoms with Gasteiger partial charge in [0.05, 0.1) is 7.11 Å². The Hall–Kier alpha value is -2.82. The van der Waals surface area contributed by atoms with Gasteiger partial charge in [-0.1, -0.05) is 12.1 Å². The van der Waals surface area contributed by atoms with Gasteiger partial charge < -0.3 is 14.3 Å². The van der Waals surface area contributed by atoms with E-state index in [-0.39, 0.29) is 5.56 Å². The molecule has 0 aliphatic rings. The van der Waals surface area contributed by atoms with Crippen LogP contribution in [0.2, 0.25) is 0 Å². The summed E-state index contributed by atoms with van der Waals surface area (Å²) >= 11 is 0. The van der Waals surface area contributed by atoms with Crippen molar-refractivity contribution in [2.75, 3.05) is 7.11 Å². The number of aromatic carboxylic acids is 1. The fraction of sp³-hybridized carbons (Fsp3) is 0.0667. The van der Waals surface area contributed by atoms with Crippen LogP contribution in [0.25, 0.3) is 21.7 Å². The first-order chi connectivity index (χ1) is 9.60. The number of carboxylic acid groups (broad SMARTS) is 1. The van der Waals surface area contributed by atoms with Crippen molar-refractivity contribution in [2.24, 2.45) is 0 Å². The van der Waals surface area contributed by atoms with Gasteiger partial charge in [0, 0.05) is 5.39 Å². The second-order valence-electron chi connectivity index (χ2n) is 4.32. The minimum Gasteiger partial charge on any atom is -0.497 e. The minimum atomic E-state index is -1.31. The fourth-order valence-corrected chi connectivity index (χ4v) is 2.17. The van der Waals surface area contributed by atoms with Crippen molar-refractivity contribution < 1.29 is 19.1 Å². The summed E-state index contributed by atoms with van der Waals surface area (Å²) in [5.41, 5.74) is -0.888. The van der Waals surface area contributed by atoms with E-state index in [9.17, 15) is 9.59 Å². The highest BCUT2D eigenvalue weighted by molar-refractivity contribution is 6.07. The maximum Gasteiger partial charge on any atom is 0.351 e. The van der Waals surface area contributed by atoms with Crippen LogP contribution in [-0.2, 0) is 0 Å². The van der Waals surface area contributed by atoms with Crippen LogP contribution in [0.3, 0.4) is 0 Å². The molecule has 0 saturated carbocycles. The number of hydrogen-bond acceptors (Lipinski definition) is 4. The number of rotatable bonds is 2.